The van der Waals surface area contributed by atoms with Crippen molar-refractivity contribution < 1.29 is 4.79 Å². The van der Waals surface area contributed by atoms with Gasteiger partial charge >= 0.3 is 0 Å². The Balaban J connectivity index is 2.16. The molecule has 0 bridgehead atoms. The number of thiophene rings is 1. The minimum absolute atomic E-state index is 0.228. The van der Waals surface area contributed by atoms with Crippen LogP contribution in [-0.2, 0) is 0 Å². The largest absolute Gasteiger partial charge is 0.336 e. The third kappa shape index (κ3) is 2.37. The molecule has 4 heteroatoms. The lowest BCUT2D eigenvalue weighted by Crippen LogP contribution is -2.37. The summed E-state index contributed by atoms with van der Waals surface area (Å²) in [7, 11) is 0. The fraction of sp³-hybridized carbons (Fsp3) is 0.545. The first kappa shape index (κ1) is 11.0. The highest BCUT2D eigenvalue weighted by Gasteiger charge is 2.21. The fourth-order valence-electron chi connectivity index (χ4n) is 1.76. The molecule has 0 unspecified atom stereocenters. The zero-order valence-corrected chi connectivity index (χ0v) is 10.7. The van der Waals surface area contributed by atoms with E-state index in [0.29, 0.717) is 0 Å². The van der Waals surface area contributed by atoms with Gasteiger partial charge in [-0.2, -0.15) is 11.8 Å². The van der Waals surface area contributed by atoms with E-state index in [9.17, 15) is 4.79 Å². The second-order valence-corrected chi connectivity index (χ2v) is 6.25. The molecule has 1 aliphatic rings. The van der Waals surface area contributed by atoms with E-state index < -0.39 is 0 Å². The molecule has 1 amide bonds. The van der Waals surface area contributed by atoms with Gasteiger partial charge in [0.2, 0.25) is 0 Å². The number of rotatable bonds is 1. The van der Waals surface area contributed by atoms with Crippen LogP contribution in [-0.4, -0.2) is 35.4 Å². The van der Waals surface area contributed by atoms with E-state index >= 15 is 0 Å². The van der Waals surface area contributed by atoms with Crippen molar-refractivity contribution in [3.05, 3.63) is 21.4 Å². The quantitative estimate of drug-likeness (QED) is 0.753. The average Bonchev–Trinajstić information content (AvgIpc) is 2.58. The summed E-state index contributed by atoms with van der Waals surface area (Å²) in [5.41, 5.74) is 1.13. The van der Waals surface area contributed by atoms with E-state index in [4.69, 9.17) is 0 Å². The van der Waals surface area contributed by atoms with E-state index in [1.54, 1.807) is 11.3 Å². The minimum Gasteiger partial charge on any atom is -0.336 e. The number of hydrogen-bond acceptors (Lipinski definition) is 3. The Labute approximate surface area is 98.7 Å². The highest BCUT2D eigenvalue weighted by molar-refractivity contribution is 7.99. The minimum atomic E-state index is 0.228. The lowest BCUT2D eigenvalue weighted by molar-refractivity contribution is 0.0776. The molecule has 2 heterocycles. The van der Waals surface area contributed by atoms with Crippen LogP contribution >= 0.6 is 23.1 Å². The zero-order chi connectivity index (χ0) is 10.8. The first-order valence-electron chi connectivity index (χ1n) is 5.12. The molecule has 0 atom stereocenters. The van der Waals surface area contributed by atoms with Gasteiger partial charge in [0.25, 0.3) is 5.91 Å². The Morgan fingerprint density at radius 2 is 2.00 bits per heavy atom. The molecule has 0 N–H and O–H groups in total. The summed E-state index contributed by atoms with van der Waals surface area (Å²) in [5.74, 6) is 2.38. The van der Waals surface area contributed by atoms with E-state index in [-0.39, 0.29) is 5.91 Å². The topological polar surface area (TPSA) is 20.3 Å². The van der Waals surface area contributed by atoms with Gasteiger partial charge < -0.3 is 4.90 Å². The Hall–Kier alpha value is -0.480. The highest BCUT2D eigenvalue weighted by atomic mass is 32.2. The van der Waals surface area contributed by atoms with E-state index in [1.807, 2.05) is 23.6 Å². The molecule has 1 saturated heterocycles. The predicted molar refractivity (Wildman–Crippen MR) is 67.0 cm³/mol. The summed E-state index contributed by atoms with van der Waals surface area (Å²) in [4.78, 5) is 16.3. The van der Waals surface area contributed by atoms with Crippen LogP contribution in [0.3, 0.4) is 0 Å². The van der Waals surface area contributed by atoms with Gasteiger partial charge in [-0.25, -0.2) is 0 Å². The molecule has 0 spiro atoms. The maximum absolute atomic E-state index is 12.2. The molecule has 1 aromatic heterocycles. The number of amides is 1. The van der Waals surface area contributed by atoms with Crippen molar-refractivity contribution in [3.8, 4) is 0 Å². The number of hydrogen-bond donors (Lipinski definition) is 0. The molecule has 0 aromatic carbocycles. The monoisotopic (exact) mass is 241 g/mol. The molecular formula is C11H15NOS2. The van der Waals surface area contributed by atoms with Gasteiger partial charge in [0.1, 0.15) is 0 Å². The van der Waals surface area contributed by atoms with Crippen molar-refractivity contribution in [2.45, 2.75) is 13.8 Å². The first-order valence-corrected chi connectivity index (χ1v) is 7.09. The molecule has 1 fully saturated rings. The van der Waals surface area contributed by atoms with Crippen LogP contribution in [0.1, 0.15) is 20.1 Å². The summed E-state index contributed by atoms with van der Waals surface area (Å²) in [6, 6.07) is 2.09. The first-order chi connectivity index (χ1) is 7.18. The van der Waals surface area contributed by atoms with Crippen LogP contribution in [0, 0.1) is 13.8 Å². The molecule has 0 aliphatic carbocycles. The van der Waals surface area contributed by atoms with Crippen molar-refractivity contribution >= 4 is 29.0 Å². The van der Waals surface area contributed by atoms with Gasteiger partial charge in [0.15, 0.2) is 0 Å². The molecule has 0 saturated carbocycles. The third-order valence-electron chi connectivity index (χ3n) is 2.53. The van der Waals surface area contributed by atoms with Gasteiger partial charge in [-0.3, -0.25) is 4.79 Å². The maximum atomic E-state index is 12.2. The normalized spacial score (nSPS) is 16.8. The summed E-state index contributed by atoms with van der Waals surface area (Å²) >= 11 is 3.55. The van der Waals surface area contributed by atoms with E-state index in [0.717, 1.165) is 35.0 Å². The zero-order valence-electron chi connectivity index (χ0n) is 9.08. The number of carbonyl (C=O) groups is 1. The van der Waals surface area contributed by atoms with Gasteiger partial charge in [-0.05, 0) is 25.5 Å². The maximum Gasteiger partial charge on any atom is 0.264 e. The summed E-state index contributed by atoms with van der Waals surface area (Å²) in [6.07, 6.45) is 0. The molecule has 15 heavy (non-hydrogen) atoms. The molecule has 82 valence electrons. The van der Waals surface area contributed by atoms with Crippen LogP contribution in [0.15, 0.2) is 6.07 Å². The number of thioether (sulfide) groups is 1. The summed E-state index contributed by atoms with van der Waals surface area (Å²) < 4.78 is 0. The smallest absolute Gasteiger partial charge is 0.264 e. The molecule has 0 radical (unpaired) electrons. The lowest BCUT2D eigenvalue weighted by Gasteiger charge is -2.26. The van der Waals surface area contributed by atoms with Crippen molar-refractivity contribution in [2.24, 2.45) is 0 Å². The van der Waals surface area contributed by atoms with Crippen molar-refractivity contribution in [1.82, 2.24) is 4.90 Å². The molecular weight excluding hydrogens is 226 g/mol. The van der Waals surface area contributed by atoms with Crippen LogP contribution in [0.2, 0.25) is 0 Å². The van der Waals surface area contributed by atoms with E-state index in [2.05, 4.69) is 13.0 Å². The van der Waals surface area contributed by atoms with Gasteiger partial charge in [-0.1, -0.05) is 0 Å². The Morgan fingerprint density at radius 1 is 1.33 bits per heavy atom. The van der Waals surface area contributed by atoms with Gasteiger partial charge in [-0.15, -0.1) is 11.3 Å². The SMILES string of the molecule is Cc1cc(C)c(C(=O)N2CCSCC2)s1. The standard InChI is InChI=1S/C11H15NOS2/c1-8-7-9(2)15-10(8)11(13)12-3-5-14-6-4-12/h7H,3-6H2,1-2H3. The Bertz CT molecular complexity index is 367. The predicted octanol–water partition coefficient (Wildman–Crippen LogP) is 2.55. The van der Waals surface area contributed by atoms with Gasteiger partial charge in [0.05, 0.1) is 4.88 Å². The van der Waals surface area contributed by atoms with Crippen LogP contribution in [0.4, 0.5) is 0 Å². The van der Waals surface area contributed by atoms with Gasteiger partial charge in [0, 0.05) is 29.5 Å². The second kappa shape index (κ2) is 4.58. The summed E-state index contributed by atoms with van der Waals surface area (Å²) in [5, 5.41) is 0. The van der Waals surface area contributed by atoms with Crippen molar-refractivity contribution in [1.29, 1.82) is 0 Å². The Morgan fingerprint density at radius 3 is 2.53 bits per heavy atom. The number of nitrogens with zero attached hydrogens (tertiary/aromatic N) is 1. The third-order valence-corrected chi connectivity index (χ3v) is 4.62. The molecule has 1 aliphatic heterocycles. The molecule has 2 rings (SSSR count). The van der Waals surface area contributed by atoms with Crippen molar-refractivity contribution in [3.63, 3.8) is 0 Å². The van der Waals surface area contributed by atoms with Crippen molar-refractivity contribution in [2.75, 3.05) is 24.6 Å². The Kier molecular flexibility index (Phi) is 3.36. The lowest BCUT2D eigenvalue weighted by atomic mass is 10.2. The average molecular weight is 241 g/mol. The number of carbonyl (C=O) groups excluding carboxylic acids is 1. The molecule has 1 aromatic rings. The number of aryl methyl sites for hydroxylation is 2. The second-order valence-electron chi connectivity index (χ2n) is 3.77. The van der Waals surface area contributed by atoms with Crippen LogP contribution in [0.5, 0.6) is 0 Å². The highest BCUT2D eigenvalue weighted by Crippen LogP contribution is 2.23. The summed E-state index contributed by atoms with van der Waals surface area (Å²) in [6.45, 7) is 5.88. The molecule has 2 nitrogen and oxygen atoms in total. The van der Waals surface area contributed by atoms with E-state index in [1.165, 1.54) is 4.88 Å². The fourth-order valence-corrected chi connectivity index (χ4v) is 3.66. The van der Waals surface area contributed by atoms with Crippen LogP contribution in [0.25, 0.3) is 0 Å². The van der Waals surface area contributed by atoms with Crippen LogP contribution < -0.4 is 0 Å².